The molecule has 2 aromatic heterocycles. The number of hydrogen-bond acceptors (Lipinski definition) is 4. The van der Waals surface area contributed by atoms with Gasteiger partial charge in [-0.15, -0.1) is 0 Å². The predicted octanol–water partition coefficient (Wildman–Crippen LogP) is 2.90. The normalized spacial score (nSPS) is 10.8. The van der Waals surface area contributed by atoms with Crippen LogP contribution in [-0.4, -0.2) is 15.5 Å². The van der Waals surface area contributed by atoms with Crippen molar-refractivity contribution in [3.63, 3.8) is 0 Å². The third-order valence-corrected chi connectivity index (χ3v) is 4.11. The van der Waals surface area contributed by atoms with Crippen molar-refractivity contribution in [2.24, 2.45) is 7.05 Å². The first-order valence-corrected chi connectivity index (χ1v) is 7.26. The van der Waals surface area contributed by atoms with E-state index in [9.17, 15) is 9.59 Å². The molecular formula is C14H10ClN3O2S. The van der Waals surface area contributed by atoms with Crippen molar-refractivity contribution in [1.82, 2.24) is 9.55 Å². The smallest absolute Gasteiger partial charge is 0.257 e. The van der Waals surface area contributed by atoms with Crippen LogP contribution in [-0.2, 0) is 7.05 Å². The number of carbonyl (C=O) groups is 1. The van der Waals surface area contributed by atoms with Crippen molar-refractivity contribution >= 4 is 44.2 Å². The molecule has 1 aromatic carbocycles. The lowest BCUT2D eigenvalue weighted by atomic mass is 10.2. The minimum atomic E-state index is -0.363. The van der Waals surface area contributed by atoms with E-state index in [1.165, 1.54) is 22.0 Å². The molecule has 0 fully saturated rings. The van der Waals surface area contributed by atoms with Crippen molar-refractivity contribution in [3.05, 3.63) is 57.5 Å². The first kappa shape index (κ1) is 13.8. The number of nitrogens with one attached hydrogen (secondary N) is 1. The third kappa shape index (κ3) is 2.81. The standard InChI is InChI=1S/C14H10ClN3O2S/c1-18-5-4-8(6-12(18)19)13(20)17-14-16-10-3-2-9(15)7-11(10)21-14/h2-7H,1H3,(H,16,17,20). The van der Waals surface area contributed by atoms with E-state index in [1.54, 1.807) is 37.5 Å². The minimum Gasteiger partial charge on any atom is -0.319 e. The van der Waals surface area contributed by atoms with Gasteiger partial charge in [0.05, 0.1) is 10.2 Å². The van der Waals surface area contributed by atoms with Gasteiger partial charge in [0.15, 0.2) is 5.13 Å². The summed E-state index contributed by atoms with van der Waals surface area (Å²) in [6, 6.07) is 8.21. The monoisotopic (exact) mass is 319 g/mol. The van der Waals surface area contributed by atoms with Crippen LogP contribution >= 0.6 is 22.9 Å². The van der Waals surface area contributed by atoms with E-state index in [2.05, 4.69) is 10.3 Å². The number of aryl methyl sites for hydroxylation is 1. The van der Waals surface area contributed by atoms with Gasteiger partial charge in [-0.2, -0.15) is 0 Å². The first-order chi connectivity index (χ1) is 10.0. The topological polar surface area (TPSA) is 64.0 Å². The van der Waals surface area contributed by atoms with E-state index in [4.69, 9.17) is 11.6 Å². The molecule has 106 valence electrons. The highest BCUT2D eigenvalue weighted by Crippen LogP contribution is 2.28. The molecule has 0 radical (unpaired) electrons. The second-order valence-corrected chi connectivity index (χ2v) is 5.92. The summed E-state index contributed by atoms with van der Waals surface area (Å²) in [6.45, 7) is 0. The number of pyridine rings is 1. The molecule has 7 heteroatoms. The van der Waals surface area contributed by atoms with Crippen LogP contribution in [0.3, 0.4) is 0 Å². The number of anilines is 1. The lowest BCUT2D eigenvalue weighted by Crippen LogP contribution is -2.19. The van der Waals surface area contributed by atoms with Gasteiger partial charge in [0.25, 0.3) is 11.5 Å². The van der Waals surface area contributed by atoms with Crippen molar-refractivity contribution in [2.45, 2.75) is 0 Å². The number of carbonyl (C=O) groups excluding carboxylic acids is 1. The van der Waals surface area contributed by atoms with Crippen LogP contribution in [0.25, 0.3) is 10.2 Å². The Morgan fingerprint density at radius 1 is 1.33 bits per heavy atom. The number of amides is 1. The van der Waals surface area contributed by atoms with Gasteiger partial charge in [0.2, 0.25) is 0 Å². The quantitative estimate of drug-likeness (QED) is 0.790. The lowest BCUT2D eigenvalue weighted by Gasteiger charge is -2.02. The molecule has 0 saturated heterocycles. The summed E-state index contributed by atoms with van der Waals surface area (Å²) in [7, 11) is 1.63. The summed E-state index contributed by atoms with van der Waals surface area (Å²) in [6.07, 6.45) is 1.55. The van der Waals surface area contributed by atoms with Crippen LogP contribution in [0, 0.1) is 0 Å². The van der Waals surface area contributed by atoms with Crippen LogP contribution in [0.2, 0.25) is 5.02 Å². The molecule has 0 aliphatic carbocycles. The van der Waals surface area contributed by atoms with Gasteiger partial charge in [-0.1, -0.05) is 22.9 Å². The summed E-state index contributed by atoms with van der Waals surface area (Å²) in [5.74, 6) is -0.363. The van der Waals surface area contributed by atoms with Crippen LogP contribution in [0.5, 0.6) is 0 Å². The molecule has 1 amide bonds. The minimum absolute atomic E-state index is 0.237. The number of halogens is 1. The van der Waals surface area contributed by atoms with Crippen LogP contribution in [0.15, 0.2) is 41.3 Å². The Morgan fingerprint density at radius 3 is 2.90 bits per heavy atom. The zero-order valence-electron chi connectivity index (χ0n) is 11.0. The molecule has 21 heavy (non-hydrogen) atoms. The molecule has 3 aromatic rings. The summed E-state index contributed by atoms with van der Waals surface area (Å²) < 4.78 is 2.29. The van der Waals surface area contributed by atoms with Gasteiger partial charge in [0, 0.05) is 29.9 Å². The Morgan fingerprint density at radius 2 is 2.14 bits per heavy atom. The molecule has 0 bridgehead atoms. The van der Waals surface area contributed by atoms with Crippen molar-refractivity contribution < 1.29 is 4.79 Å². The molecule has 3 rings (SSSR count). The zero-order chi connectivity index (χ0) is 15.0. The number of hydrogen-bond donors (Lipinski definition) is 1. The van der Waals surface area contributed by atoms with E-state index in [0.717, 1.165) is 10.2 Å². The number of fused-ring (bicyclic) bond motifs is 1. The molecule has 0 saturated carbocycles. The summed E-state index contributed by atoms with van der Waals surface area (Å²) in [4.78, 5) is 27.9. The molecule has 1 N–H and O–H groups in total. The van der Waals surface area contributed by atoms with E-state index in [-0.39, 0.29) is 11.5 Å². The fourth-order valence-corrected chi connectivity index (χ4v) is 2.95. The van der Waals surface area contributed by atoms with Gasteiger partial charge in [-0.25, -0.2) is 4.98 Å². The second-order valence-electron chi connectivity index (χ2n) is 4.45. The van der Waals surface area contributed by atoms with E-state index in [1.807, 2.05) is 0 Å². The fraction of sp³-hybridized carbons (Fsp3) is 0.0714. The molecule has 0 aliphatic rings. The molecule has 0 unspecified atom stereocenters. The van der Waals surface area contributed by atoms with Gasteiger partial charge in [-0.05, 0) is 24.3 Å². The first-order valence-electron chi connectivity index (χ1n) is 6.07. The summed E-state index contributed by atoms with van der Waals surface area (Å²) in [5, 5.41) is 3.78. The summed E-state index contributed by atoms with van der Waals surface area (Å²) >= 11 is 7.25. The molecule has 2 heterocycles. The maximum Gasteiger partial charge on any atom is 0.257 e. The zero-order valence-corrected chi connectivity index (χ0v) is 12.5. The summed E-state index contributed by atoms with van der Waals surface area (Å²) in [5.41, 5.74) is 0.831. The molecule has 0 aliphatic heterocycles. The largest absolute Gasteiger partial charge is 0.319 e. The third-order valence-electron chi connectivity index (χ3n) is 2.94. The number of nitrogens with zero attached hydrogens (tertiary/aromatic N) is 2. The van der Waals surface area contributed by atoms with Crippen molar-refractivity contribution in [1.29, 1.82) is 0 Å². The Labute approximate surface area is 128 Å². The molecular weight excluding hydrogens is 310 g/mol. The van der Waals surface area contributed by atoms with E-state index < -0.39 is 0 Å². The average Bonchev–Trinajstić information content (AvgIpc) is 2.83. The number of rotatable bonds is 2. The number of thiazole rings is 1. The molecule has 0 spiro atoms. The Bertz CT molecular complexity index is 901. The highest BCUT2D eigenvalue weighted by molar-refractivity contribution is 7.22. The maximum absolute atomic E-state index is 12.1. The molecule has 5 nitrogen and oxygen atoms in total. The fourth-order valence-electron chi connectivity index (χ4n) is 1.81. The van der Waals surface area contributed by atoms with Gasteiger partial charge < -0.3 is 4.57 Å². The van der Waals surface area contributed by atoms with E-state index >= 15 is 0 Å². The van der Waals surface area contributed by atoms with Gasteiger partial charge >= 0.3 is 0 Å². The van der Waals surface area contributed by atoms with Gasteiger partial charge in [0.1, 0.15) is 0 Å². The molecule has 0 atom stereocenters. The van der Waals surface area contributed by atoms with E-state index in [0.29, 0.717) is 15.7 Å². The van der Waals surface area contributed by atoms with Crippen molar-refractivity contribution in [3.8, 4) is 0 Å². The number of aromatic nitrogens is 2. The Kier molecular flexibility index (Phi) is 3.48. The predicted molar refractivity (Wildman–Crippen MR) is 84.3 cm³/mol. The van der Waals surface area contributed by atoms with Crippen LogP contribution in [0.4, 0.5) is 5.13 Å². The lowest BCUT2D eigenvalue weighted by molar-refractivity contribution is 0.102. The Balaban J connectivity index is 1.88. The van der Waals surface area contributed by atoms with Crippen LogP contribution in [0.1, 0.15) is 10.4 Å². The highest BCUT2D eigenvalue weighted by atomic mass is 35.5. The van der Waals surface area contributed by atoms with Crippen molar-refractivity contribution in [2.75, 3.05) is 5.32 Å². The average molecular weight is 320 g/mol. The van der Waals surface area contributed by atoms with Gasteiger partial charge in [-0.3, -0.25) is 14.9 Å². The SMILES string of the molecule is Cn1ccc(C(=O)Nc2nc3ccc(Cl)cc3s2)cc1=O. The van der Waals surface area contributed by atoms with Crippen LogP contribution < -0.4 is 10.9 Å². The maximum atomic E-state index is 12.1. The second kappa shape index (κ2) is 5.31. The number of benzene rings is 1. The highest BCUT2D eigenvalue weighted by Gasteiger charge is 2.11. The Hall–Kier alpha value is -2.18.